The summed E-state index contributed by atoms with van der Waals surface area (Å²) in [4.78, 5) is 28.1. The largest absolute Gasteiger partial charge is 0.450 e. The van der Waals surface area contributed by atoms with Crippen LogP contribution in [0.4, 0.5) is 0 Å². The second kappa shape index (κ2) is 7.08. The number of amides is 1. The number of carbonyl (C=O) groups is 1. The van der Waals surface area contributed by atoms with Gasteiger partial charge in [-0.15, -0.1) is 0 Å². The number of halogens is 1. The summed E-state index contributed by atoms with van der Waals surface area (Å²) >= 11 is 6.03. The van der Waals surface area contributed by atoms with Crippen molar-refractivity contribution in [2.75, 3.05) is 20.3 Å². The van der Waals surface area contributed by atoms with E-state index in [1.54, 1.807) is 24.1 Å². The zero-order valence-electron chi connectivity index (χ0n) is 15.9. The maximum absolute atomic E-state index is 13.4. The van der Waals surface area contributed by atoms with Gasteiger partial charge >= 0.3 is 0 Å². The van der Waals surface area contributed by atoms with Gasteiger partial charge in [-0.05, 0) is 54.8 Å². The molecule has 0 N–H and O–H groups in total. The number of benzene rings is 2. The van der Waals surface area contributed by atoms with Crippen LogP contribution in [0.3, 0.4) is 0 Å². The minimum atomic E-state index is -0.530. The number of aryl methyl sites for hydroxylation is 2. The molecule has 1 atom stereocenters. The molecule has 5 nitrogen and oxygen atoms in total. The van der Waals surface area contributed by atoms with E-state index in [2.05, 4.69) is 0 Å². The Hall–Kier alpha value is -2.63. The Labute approximate surface area is 167 Å². The Morgan fingerprint density at radius 3 is 2.46 bits per heavy atom. The number of rotatable bonds is 4. The van der Waals surface area contributed by atoms with Crippen molar-refractivity contribution in [3.05, 3.63) is 79.7 Å². The minimum absolute atomic E-state index is 0.108. The topological polar surface area (TPSA) is 59.8 Å². The SMILES string of the molecule is COCCN1C(=O)c2oc3cc(C)c(C)cc3c(=O)c2[C@@H]1c1ccc(Cl)cc1. The lowest BCUT2D eigenvalue weighted by Crippen LogP contribution is -2.32. The third kappa shape index (κ3) is 2.91. The van der Waals surface area contributed by atoms with E-state index >= 15 is 0 Å². The van der Waals surface area contributed by atoms with E-state index in [1.165, 1.54) is 0 Å². The average molecular weight is 398 g/mol. The van der Waals surface area contributed by atoms with Gasteiger partial charge in [-0.25, -0.2) is 0 Å². The van der Waals surface area contributed by atoms with Crippen LogP contribution >= 0.6 is 11.6 Å². The molecular formula is C22H20ClNO4. The van der Waals surface area contributed by atoms with Gasteiger partial charge in [0.1, 0.15) is 5.58 Å². The van der Waals surface area contributed by atoms with Gasteiger partial charge in [-0.1, -0.05) is 23.7 Å². The predicted molar refractivity (Wildman–Crippen MR) is 108 cm³/mol. The van der Waals surface area contributed by atoms with E-state index in [4.69, 9.17) is 20.8 Å². The van der Waals surface area contributed by atoms with Crippen LogP contribution in [0.15, 0.2) is 45.6 Å². The number of ether oxygens (including phenoxy) is 1. The number of nitrogens with zero attached hydrogens (tertiary/aromatic N) is 1. The zero-order chi connectivity index (χ0) is 20.0. The molecule has 1 amide bonds. The van der Waals surface area contributed by atoms with E-state index in [0.717, 1.165) is 16.7 Å². The molecule has 144 valence electrons. The number of hydrogen-bond donors (Lipinski definition) is 0. The summed E-state index contributed by atoms with van der Waals surface area (Å²) < 4.78 is 11.1. The Bertz CT molecular complexity index is 1130. The molecule has 3 aromatic rings. The molecule has 0 fully saturated rings. The van der Waals surface area contributed by atoms with Crippen molar-refractivity contribution in [1.29, 1.82) is 0 Å². The molecule has 0 saturated heterocycles. The molecule has 0 bridgehead atoms. The fraction of sp³-hybridized carbons (Fsp3) is 0.273. The first-order valence-electron chi connectivity index (χ1n) is 9.05. The quantitative estimate of drug-likeness (QED) is 0.660. The van der Waals surface area contributed by atoms with Gasteiger partial charge in [-0.2, -0.15) is 0 Å². The zero-order valence-corrected chi connectivity index (χ0v) is 16.7. The van der Waals surface area contributed by atoms with Gasteiger partial charge in [0.05, 0.1) is 23.6 Å². The van der Waals surface area contributed by atoms with Crippen molar-refractivity contribution in [1.82, 2.24) is 4.90 Å². The van der Waals surface area contributed by atoms with Crippen LogP contribution in [0.2, 0.25) is 5.02 Å². The smallest absolute Gasteiger partial charge is 0.290 e. The molecule has 4 rings (SSSR count). The van der Waals surface area contributed by atoms with Crippen LogP contribution < -0.4 is 5.43 Å². The number of hydrogen-bond acceptors (Lipinski definition) is 4. The number of carbonyl (C=O) groups excluding carboxylic acids is 1. The maximum Gasteiger partial charge on any atom is 0.290 e. The molecule has 28 heavy (non-hydrogen) atoms. The van der Waals surface area contributed by atoms with E-state index < -0.39 is 6.04 Å². The lowest BCUT2D eigenvalue weighted by Gasteiger charge is -2.24. The van der Waals surface area contributed by atoms with Gasteiger partial charge in [0.15, 0.2) is 5.43 Å². The van der Waals surface area contributed by atoms with Crippen LogP contribution in [-0.2, 0) is 4.74 Å². The summed E-state index contributed by atoms with van der Waals surface area (Å²) in [6.45, 7) is 4.61. The van der Waals surface area contributed by atoms with Crippen LogP contribution in [0, 0.1) is 13.8 Å². The average Bonchev–Trinajstić information content (AvgIpc) is 2.95. The van der Waals surface area contributed by atoms with E-state index in [9.17, 15) is 9.59 Å². The third-order valence-corrected chi connectivity index (χ3v) is 5.56. The third-order valence-electron chi connectivity index (χ3n) is 5.30. The molecule has 1 aliphatic rings. The molecular weight excluding hydrogens is 378 g/mol. The normalized spacial score (nSPS) is 16.1. The summed E-state index contributed by atoms with van der Waals surface area (Å²) in [5.74, 6) is -0.193. The summed E-state index contributed by atoms with van der Waals surface area (Å²) in [6, 6.07) is 10.3. The Balaban J connectivity index is 1.98. The summed E-state index contributed by atoms with van der Waals surface area (Å²) in [7, 11) is 1.58. The van der Waals surface area contributed by atoms with Gasteiger partial charge in [0.2, 0.25) is 5.76 Å². The number of methoxy groups -OCH3 is 1. The molecule has 0 radical (unpaired) electrons. The molecule has 0 spiro atoms. The standard InChI is InChI=1S/C22H20ClNO4/c1-12-10-16-17(11-13(12)2)28-21-18(20(16)25)19(14-4-6-15(23)7-5-14)24(22(21)26)8-9-27-3/h4-7,10-11,19H,8-9H2,1-3H3/t19-/m0/s1. The van der Waals surface area contributed by atoms with Gasteiger partial charge < -0.3 is 14.1 Å². The van der Waals surface area contributed by atoms with Gasteiger partial charge in [0, 0.05) is 18.7 Å². The Morgan fingerprint density at radius 2 is 1.79 bits per heavy atom. The molecule has 2 heterocycles. The van der Waals surface area contributed by atoms with Gasteiger partial charge in [0.25, 0.3) is 5.91 Å². The fourth-order valence-electron chi connectivity index (χ4n) is 3.69. The van der Waals surface area contributed by atoms with Crippen LogP contribution in [0.1, 0.15) is 38.9 Å². The van der Waals surface area contributed by atoms with E-state index in [1.807, 2.05) is 38.1 Å². The molecule has 0 unspecified atom stereocenters. The first kappa shape index (κ1) is 18.7. The van der Waals surface area contributed by atoms with Crippen molar-refractivity contribution in [3.63, 3.8) is 0 Å². The molecule has 6 heteroatoms. The molecule has 2 aromatic carbocycles. The minimum Gasteiger partial charge on any atom is -0.450 e. The van der Waals surface area contributed by atoms with Crippen molar-refractivity contribution in [2.24, 2.45) is 0 Å². The first-order chi connectivity index (χ1) is 13.4. The highest BCUT2D eigenvalue weighted by atomic mass is 35.5. The van der Waals surface area contributed by atoms with Crippen LogP contribution in [0.25, 0.3) is 11.0 Å². The fourth-order valence-corrected chi connectivity index (χ4v) is 3.81. The van der Waals surface area contributed by atoms with Crippen molar-refractivity contribution in [3.8, 4) is 0 Å². The van der Waals surface area contributed by atoms with Crippen molar-refractivity contribution >= 4 is 28.5 Å². The lowest BCUT2D eigenvalue weighted by molar-refractivity contribution is 0.0663. The van der Waals surface area contributed by atoms with E-state index in [0.29, 0.717) is 34.7 Å². The summed E-state index contributed by atoms with van der Waals surface area (Å²) in [6.07, 6.45) is 0. The molecule has 0 saturated carbocycles. The predicted octanol–water partition coefficient (Wildman–Crippen LogP) is 4.25. The highest BCUT2D eigenvalue weighted by molar-refractivity contribution is 6.30. The molecule has 1 aliphatic heterocycles. The molecule has 0 aliphatic carbocycles. The lowest BCUT2D eigenvalue weighted by atomic mass is 9.97. The van der Waals surface area contributed by atoms with Crippen LogP contribution in [-0.4, -0.2) is 31.1 Å². The Morgan fingerprint density at radius 1 is 1.11 bits per heavy atom. The van der Waals surface area contributed by atoms with Crippen molar-refractivity contribution in [2.45, 2.75) is 19.9 Å². The van der Waals surface area contributed by atoms with Gasteiger partial charge in [-0.3, -0.25) is 9.59 Å². The highest BCUT2D eigenvalue weighted by Crippen LogP contribution is 2.38. The van der Waals surface area contributed by atoms with Crippen LogP contribution in [0.5, 0.6) is 0 Å². The second-order valence-electron chi connectivity index (χ2n) is 7.05. The van der Waals surface area contributed by atoms with E-state index in [-0.39, 0.29) is 17.1 Å². The maximum atomic E-state index is 13.4. The summed E-state index contributed by atoms with van der Waals surface area (Å²) in [5.41, 5.74) is 3.45. The Kier molecular flexibility index (Phi) is 4.73. The monoisotopic (exact) mass is 397 g/mol. The highest BCUT2D eigenvalue weighted by Gasteiger charge is 2.42. The summed E-state index contributed by atoms with van der Waals surface area (Å²) in [5, 5.41) is 1.08. The second-order valence-corrected chi connectivity index (χ2v) is 7.49. The van der Waals surface area contributed by atoms with Crippen molar-refractivity contribution < 1.29 is 13.9 Å². The first-order valence-corrected chi connectivity index (χ1v) is 9.43. The number of fused-ring (bicyclic) bond motifs is 2. The molecule has 1 aromatic heterocycles.